The summed E-state index contributed by atoms with van der Waals surface area (Å²) in [5, 5.41) is 19.4. The van der Waals surface area contributed by atoms with E-state index in [0.717, 1.165) is 24.2 Å². The summed E-state index contributed by atoms with van der Waals surface area (Å²) in [7, 11) is 0. The van der Waals surface area contributed by atoms with Crippen molar-refractivity contribution in [3.63, 3.8) is 0 Å². The summed E-state index contributed by atoms with van der Waals surface area (Å²) >= 11 is 0. The van der Waals surface area contributed by atoms with Crippen LogP contribution < -0.4 is 43.1 Å². The van der Waals surface area contributed by atoms with Gasteiger partial charge in [0.05, 0.1) is 12.2 Å². The first kappa shape index (κ1) is 24.4. The molecule has 0 aliphatic carbocycles. The van der Waals surface area contributed by atoms with E-state index < -0.39 is 12.2 Å². The number of nitrogens with zero attached hydrogens (tertiary/aromatic N) is 2. The maximum atomic E-state index is 9.71. The zero-order valence-electron chi connectivity index (χ0n) is 16.0. The minimum absolute atomic E-state index is 0. The van der Waals surface area contributed by atoms with Crippen LogP contribution in [0.15, 0.2) is 73.3 Å². The zero-order chi connectivity index (χ0) is 18.5. The lowest BCUT2D eigenvalue weighted by atomic mass is 10.1. The SMILES string of the molecule is CC(O)c1ccc[n+](Cc2ccc(C[n+]3cccc(C(C)O)c3)cc2)c1.[Br-].[Br-]. The van der Waals surface area contributed by atoms with Crippen LogP contribution in [-0.4, -0.2) is 10.2 Å². The van der Waals surface area contributed by atoms with Gasteiger partial charge in [-0.05, 0) is 26.0 Å². The molecule has 3 aromatic rings. The summed E-state index contributed by atoms with van der Waals surface area (Å²) in [6, 6.07) is 16.3. The van der Waals surface area contributed by atoms with Gasteiger partial charge >= 0.3 is 0 Å². The van der Waals surface area contributed by atoms with Crippen molar-refractivity contribution in [2.24, 2.45) is 0 Å². The molecule has 0 spiro atoms. The van der Waals surface area contributed by atoms with Crippen LogP contribution in [0.4, 0.5) is 0 Å². The topological polar surface area (TPSA) is 48.2 Å². The number of hydrogen-bond donors (Lipinski definition) is 2. The fourth-order valence-corrected chi connectivity index (χ4v) is 2.95. The molecule has 1 aromatic carbocycles. The highest BCUT2D eigenvalue weighted by atomic mass is 79.9. The summed E-state index contributed by atoms with van der Waals surface area (Å²) in [4.78, 5) is 0. The molecule has 3 rings (SSSR count). The smallest absolute Gasteiger partial charge is 0.174 e. The Morgan fingerprint density at radius 2 is 1.04 bits per heavy atom. The van der Waals surface area contributed by atoms with Crippen LogP contribution in [0.1, 0.15) is 48.3 Å². The monoisotopic (exact) mass is 508 g/mol. The van der Waals surface area contributed by atoms with Crippen molar-refractivity contribution in [3.05, 3.63) is 95.6 Å². The predicted octanol–water partition coefficient (Wildman–Crippen LogP) is -3.53. The number of aliphatic hydroxyl groups excluding tert-OH is 2. The van der Waals surface area contributed by atoms with E-state index in [1.54, 1.807) is 13.8 Å². The molecule has 0 radical (unpaired) electrons. The molecule has 0 aliphatic rings. The molecule has 0 amide bonds. The zero-order valence-corrected chi connectivity index (χ0v) is 19.2. The summed E-state index contributed by atoms with van der Waals surface area (Å²) in [5.41, 5.74) is 4.26. The van der Waals surface area contributed by atoms with E-state index in [1.807, 2.05) is 49.1 Å². The summed E-state index contributed by atoms with van der Waals surface area (Å²) < 4.78 is 4.16. The third-order valence-corrected chi connectivity index (χ3v) is 4.48. The molecule has 2 heterocycles. The van der Waals surface area contributed by atoms with Gasteiger partial charge in [-0.25, -0.2) is 9.13 Å². The highest BCUT2D eigenvalue weighted by Crippen LogP contribution is 2.10. The first-order valence-corrected chi connectivity index (χ1v) is 8.93. The van der Waals surface area contributed by atoms with E-state index >= 15 is 0 Å². The fourth-order valence-electron chi connectivity index (χ4n) is 2.95. The van der Waals surface area contributed by atoms with E-state index in [2.05, 4.69) is 33.4 Å². The number of aliphatic hydroxyl groups is 2. The van der Waals surface area contributed by atoms with E-state index in [0.29, 0.717) is 0 Å². The van der Waals surface area contributed by atoms with Crippen molar-refractivity contribution in [2.45, 2.75) is 39.1 Å². The second-order valence-corrected chi connectivity index (χ2v) is 6.79. The van der Waals surface area contributed by atoms with Gasteiger partial charge in [-0.2, -0.15) is 0 Å². The third-order valence-electron chi connectivity index (χ3n) is 4.48. The van der Waals surface area contributed by atoms with Gasteiger partial charge in [0.25, 0.3) is 0 Å². The molecule has 0 aliphatic heterocycles. The van der Waals surface area contributed by atoms with Crippen LogP contribution in [0.25, 0.3) is 0 Å². The molecule has 0 bridgehead atoms. The van der Waals surface area contributed by atoms with Crippen molar-refractivity contribution in [3.8, 4) is 0 Å². The quantitative estimate of drug-likeness (QED) is 0.338. The van der Waals surface area contributed by atoms with E-state index in [4.69, 9.17) is 0 Å². The van der Waals surface area contributed by atoms with Gasteiger partial charge in [0.15, 0.2) is 37.9 Å². The van der Waals surface area contributed by atoms with Crippen molar-refractivity contribution >= 4 is 0 Å². The Hall–Kier alpha value is -1.60. The Kier molecular flexibility index (Phi) is 9.96. The van der Waals surface area contributed by atoms with Gasteiger partial charge in [0.2, 0.25) is 0 Å². The predicted molar refractivity (Wildman–Crippen MR) is 99.2 cm³/mol. The Morgan fingerprint density at radius 1 is 0.679 bits per heavy atom. The van der Waals surface area contributed by atoms with Gasteiger partial charge < -0.3 is 44.2 Å². The van der Waals surface area contributed by atoms with Crippen LogP contribution in [-0.2, 0) is 13.1 Å². The molecule has 2 unspecified atom stereocenters. The number of halogens is 2. The minimum atomic E-state index is -0.459. The lowest BCUT2D eigenvalue weighted by Crippen LogP contribution is -3.00. The van der Waals surface area contributed by atoms with Crippen molar-refractivity contribution in [1.82, 2.24) is 0 Å². The molecule has 2 aromatic heterocycles. The second kappa shape index (κ2) is 11.4. The number of aromatic nitrogens is 2. The number of hydrogen-bond acceptors (Lipinski definition) is 2. The van der Waals surface area contributed by atoms with Crippen LogP contribution >= 0.6 is 0 Å². The number of benzene rings is 1. The lowest BCUT2D eigenvalue weighted by molar-refractivity contribution is -0.689. The van der Waals surface area contributed by atoms with Gasteiger partial charge in [-0.15, -0.1) is 0 Å². The number of rotatable bonds is 6. The molecule has 0 saturated carbocycles. The second-order valence-electron chi connectivity index (χ2n) is 6.79. The van der Waals surface area contributed by atoms with Gasteiger partial charge in [0, 0.05) is 34.4 Å². The first-order chi connectivity index (χ1) is 12.5. The lowest BCUT2D eigenvalue weighted by Gasteiger charge is -2.05. The van der Waals surface area contributed by atoms with Gasteiger partial charge in [-0.3, -0.25) is 0 Å². The Labute approximate surface area is 187 Å². The average Bonchev–Trinajstić information content (AvgIpc) is 2.64. The molecule has 150 valence electrons. The largest absolute Gasteiger partial charge is 1.00 e. The molecule has 6 heteroatoms. The minimum Gasteiger partial charge on any atom is -1.00 e. The van der Waals surface area contributed by atoms with Crippen LogP contribution in [0.5, 0.6) is 0 Å². The highest BCUT2D eigenvalue weighted by Gasteiger charge is 2.10. The molecule has 0 saturated heterocycles. The molecule has 2 atom stereocenters. The normalized spacial score (nSPS) is 12.4. The summed E-state index contributed by atoms with van der Waals surface area (Å²) in [5.74, 6) is 0. The number of pyridine rings is 2. The highest BCUT2D eigenvalue weighted by molar-refractivity contribution is 5.21. The molecule has 2 N–H and O–H groups in total. The molecular formula is C22H26Br2N2O2. The molecule has 0 fully saturated rings. The van der Waals surface area contributed by atoms with Gasteiger partial charge in [-0.1, -0.05) is 24.3 Å². The van der Waals surface area contributed by atoms with E-state index in [9.17, 15) is 10.2 Å². The van der Waals surface area contributed by atoms with Crippen molar-refractivity contribution in [2.75, 3.05) is 0 Å². The van der Waals surface area contributed by atoms with Crippen LogP contribution in [0, 0.1) is 0 Å². The summed E-state index contributed by atoms with van der Waals surface area (Å²) in [6.45, 7) is 5.09. The standard InChI is InChI=1S/C22H26N2O2.2BrH/c1-17(25)21-5-3-11-23(15-21)13-19-7-9-20(10-8-19)14-24-12-4-6-22(16-24)18(2)26;;/h3-12,15-18,25-26H,13-14H2,1-2H3;2*1H/q+2;;/p-2. The average molecular weight is 510 g/mol. The molecule has 28 heavy (non-hydrogen) atoms. The maximum Gasteiger partial charge on any atom is 0.174 e. The van der Waals surface area contributed by atoms with Gasteiger partial charge in [0.1, 0.15) is 0 Å². The van der Waals surface area contributed by atoms with E-state index in [-0.39, 0.29) is 34.0 Å². The third kappa shape index (κ3) is 6.78. The Bertz CT molecular complexity index is 796. The Morgan fingerprint density at radius 3 is 1.36 bits per heavy atom. The van der Waals surface area contributed by atoms with Crippen molar-refractivity contribution < 1.29 is 53.3 Å². The molecule has 4 nitrogen and oxygen atoms in total. The van der Waals surface area contributed by atoms with Crippen LogP contribution in [0.3, 0.4) is 0 Å². The van der Waals surface area contributed by atoms with Crippen molar-refractivity contribution in [1.29, 1.82) is 0 Å². The maximum absolute atomic E-state index is 9.71. The van der Waals surface area contributed by atoms with Crippen LogP contribution in [0.2, 0.25) is 0 Å². The fraction of sp³-hybridized carbons (Fsp3) is 0.273. The van der Waals surface area contributed by atoms with E-state index in [1.165, 1.54) is 11.1 Å². The summed E-state index contributed by atoms with van der Waals surface area (Å²) in [6.07, 6.45) is 7.07. The Balaban J connectivity index is 0.00000196. The first-order valence-electron chi connectivity index (χ1n) is 8.93. The molecular weight excluding hydrogens is 484 g/mol.